The van der Waals surface area contributed by atoms with Gasteiger partial charge in [-0.05, 0) is 35.7 Å². The highest BCUT2D eigenvalue weighted by molar-refractivity contribution is 9.10. The summed E-state index contributed by atoms with van der Waals surface area (Å²) in [5, 5.41) is 15.6. The van der Waals surface area contributed by atoms with E-state index in [9.17, 15) is 5.11 Å². The summed E-state index contributed by atoms with van der Waals surface area (Å²) in [5.41, 5.74) is -0.166. The molecule has 0 unspecified atom stereocenters. The second kappa shape index (κ2) is 4.55. The van der Waals surface area contributed by atoms with E-state index >= 15 is 0 Å². The third-order valence-corrected chi connectivity index (χ3v) is 3.20. The largest absolute Gasteiger partial charge is 0.394 e. The number of nitrogens with one attached hydrogen (secondary N) is 2. The molecule has 0 radical (unpaired) electrons. The van der Waals surface area contributed by atoms with E-state index in [2.05, 4.69) is 36.5 Å². The van der Waals surface area contributed by atoms with Gasteiger partial charge in [0, 0.05) is 12.7 Å². The normalized spacial score (nSPS) is 16.9. The molecule has 1 aromatic heterocycles. The van der Waals surface area contributed by atoms with Crippen molar-refractivity contribution >= 4 is 27.7 Å². The summed E-state index contributed by atoms with van der Waals surface area (Å²) in [7, 11) is 0. The molecule has 3 N–H and O–H groups in total. The number of aromatic nitrogens is 2. The summed E-state index contributed by atoms with van der Waals surface area (Å²) in [6.45, 7) is 2.92. The van der Waals surface area contributed by atoms with Crippen LogP contribution in [-0.2, 0) is 0 Å². The van der Waals surface area contributed by atoms with Crippen molar-refractivity contribution in [3.63, 3.8) is 0 Å². The molecule has 1 saturated carbocycles. The van der Waals surface area contributed by atoms with Crippen LogP contribution < -0.4 is 10.6 Å². The lowest BCUT2D eigenvalue weighted by atomic mass is 10.3. The molecule has 2 rings (SSSR count). The van der Waals surface area contributed by atoms with Gasteiger partial charge in [-0.15, -0.1) is 0 Å². The molecule has 5 nitrogen and oxygen atoms in total. The highest BCUT2D eigenvalue weighted by Crippen LogP contribution is 2.39. The van der Waals surface area contributed by atoms with Gasteiger partial charge >= 0.3 is 0 Å². The first kappa shape index (κ1) is 11.6. The predicted molar refractivity (Wildman–Crippen MR) is 66.6 cm³/mol. The van der Waals surface area contributed by atoms with Crippen LogP contribution in [0, 0.1) is 0 Å². The van der Waals surface area contributed by atoms with Gasteiger partial charge in [-0.3, -0.25) is 0 Å². The van der Waals surface area contributed by atoms with E-state index in [-0.39, 0.29) is 12.1 Å². The smallest absolute Gasteiger partial charge is 0.224 e. The summed E-state index contributed by atoms with van der Waals surface area (Å²) in [5.74, 6) is 1.33. The molecule has 1 aromatic rings. The zero-order valence-corrected chi connectivity index (χ0v) is 10.7. The molecule has 1 aliphatic carbocycles. The standard InChI is InChI=1S/C10H15BrN4O/c1-2-12-9-13-5-7(11)8(14-9)15-10(6-16)3-4-10/h5,16H,2-4,6H2,1H3,(H2,12,13,14,15). The van der Waals surface area contributed by atoms with Crippen molar-refractivity contribution in [1.82, 2.24) is 9.97 Å². The Morgan fingerprint density at radius 1 is 1.56 bits per heavy atom. The quantitative estimate of drug-likeness (QED) is 0.767. The van der Waals surface area contributed by atoms with Crippen molar-refractivity contribution in [1.29, 1.82) is 0 Å². The number of halogens is 1. The summed E-state index contributed by atoms with van der Waals surface area (Å²) in [6.07, 6.45) is 3.67. The molecule has 1 fully saturated rings. The van der Waals surface area contributed by atoms with E-state index in [0.717, 1.165) is 29.7 Å². The molecule has 0 spiro atoms. The highest BCUT2D eigenvalue weighted by atomic mass is 79.9. The number of hydrogen-bond acceptors (Lipinski definition) is 5. The fourth-order valence-corrected chi connectivity index (χ4v) is 1.71. The fraction of sp³-hybridized carbons (Fsp3) is 0.600. The van der Waals surface area contributed by atoms with Gasteiger partial charge in [-0.1, -0.05) is 0 Å². The Bertz CT molecular complexity index is 381. The molecule has 1 heterocycles. The number of aliphatic hydroxyl groups excluding tert-OH is 1. The summed E-state index contributed by atoms with van der Waals surface area (Å²) < 4.78 is 0.814. The van der Waals surface area contributed by atoms with Gasteiger partial charge in [0.05, 0.1) is 16.6 Å². The molecular weight excluding hydrogens is 272 g/mol. The minimum Gasteiger partial charge on any atom is -0.394 e. The van der Waals surface area contributed by atoms with Crippen LogP contribution in [-0.4, -0.2) is 33.8 Å². The maximum absolute atomic E-state index is 9.24. The van der Waals surface area contributed by atoms with Crippen LogP contribution in [0.4, 0.5) is 11.8 Å². The lowest BCUT2D eigenvalue weighted by molar-refractivity contribution is 0.266. The maximum atomic E-state index is 9.24. The molecule has 1 aliphatic rings. The maximum Gasteiger partial charge on any atom is 0.224 e. The molecule has 0 atom stereocenters. The lowest BCUT2D eigenvalue weighted by Gasteiger charge is -2.16. The Morgan fingerprint density at radius 2 is 2.31 bits per heavy atom. The van der Waals surface area contributed by atoms with Gasteiger partial charge < -0.3 is 15.7 Å². The number of nitrogens with zero attached hydrogens (tertiary/aromatic N) is 2. The average Bonchev–Trinajstić information content (AvgIpc) is 3.04. The van der Waals surface area contributed by atoms with E-state index in [1.54, 1.807) is 6.20 Å². The van der Waals surface area contributed by atoms with Crippen molar-refractivity contribution < 1.29 is 5.11 Å². The first-order chi connectivity index (χ1) is 7.69. The van der Waals surface area contributed by atoms with Crippen LogP contribution in [0.1, 0.15) is 19.8 Å². The second-order valence-electron chi connectivity index (χ2n) is 3.98. The molecule has 0 aliphatic heterocycles. The molecule has 0 amide bonds. The van der Waals surface area contributed by atoms with Gasteiger partial charge in [-0.25, -0.2) is 4.98 Å². The van der Waals surface area contributed by atoms with Gasteiger partial charge in [0.15, 0.2) is 0 Å². The van der Waals surface area contributed by atoms with Gasteiger partial charge in [-0.2, -0.15) is 4.98 Å². The molecule has 0 saturated heterocycles. The topological polar surface area (TPSA) is 70.1 Å². The zero-order chi connectivity index (χ0) is 11.6. The molecule has 6 heteroatoms. The zero-order valence-electron chi connectivity index (χ0n) is 9.13. The minimum atomic E-state index is -0.166. The van der Waals surface area contributed by atoms with Crippen molar-refractivity contribution in [2.75, 3.05) is 23.8 Å². The third-order valence-electron chi connectivity index (χ3n) is 2.62. The Hall–Kier alpha value is -0.880. The van der Waals surface area contributed by atoms with Crippen LogP contribution in [0.3, 0.4) is 0 Å². The minimum absolute atomic E-state index is 0.139. The molecule has 0 bridgehead atoms. The first-order valence-corrected chi connectivity index (χ1v) is 6.14. The number of anilines is 2. The molecular formula is C10H15BrN4O. The highest BCUT2D eigenvalue weighted by Gasteiger charge is 2.42. The monoisotopic (exact) mass is 286 g/mol. The van der Waals surface area contributed by atoms with Gasteiger partial charge in [0.1, 0.15) is 5.82 Å². The predicted octanol–water partition coefficient (Wildman–Crippen LogP) is 1.61. The number of aliphatic hydroxyl groups is 1. The Labute approximate surface area is 103 Å². The van der Waals surface area contributed by atoms with Crippen LogP contribution >= 0.6 is 15.9 Å². The van der Waals surface area contributed by atoms with Crippen LogP contribution in [0.2, 0.25) is 0 Å². The number of rotatable bonds is 5. The van der Waals surface area contributed by atoms with Crippen molar-refractivity contribution in [2.45, 2.75) is 25.3 Å². The van der Waals surface area contributed by atoms with E-state index in [0.29, 0.717) is 5.95 Å². The van der Waals surface area contributed by atoms with Crippen LogP contribution in [0.25, 0.3) is 0 Å². The molecule has 16 heavy (non-hydrogen) atoms. The molecule has 88 valence electrons. The fourth-order valence-electron chi connectivity index (χ4n) is 1.42. The summed E-state index contributed by atoms with van der Waals surface area (Å²) >= 11 is 3.39. The Balaban J connectivity index is 2.15. The van der Waals surface area contributed by atoms with Crippen molar-refractivity contribution in [3.05, 3.63) is 10.7 Å². The number of hydrogen-bond donors (Lipinski definition) is 3. The SMILES string of the molecule is CCNc1ncc(Br)c(NC2(CO)CC2)n1. The second-order valence-corrected chi connectivity index (χ2v) is 4.84. The summed E-state index contributed by atoms with van der Waals surface area (Å²) in [4.78, 5) is 8.48. The first-order valence-electron chi connectivity index (χ1n) is 5.34. The van der Waals surface area contributed by atoms with E-state index < -0.39 is 0 Å². The van der Waals surface area contributed by atoms with Gasteiger partial charge in [0.25, 0.3) is 0 Å². The molecule has 0 aromatic carbocycles. The Kier molecular flexibility index (Phi) is 3.30. The summed E-state index contributed by atoms with van der Waals surface area (Å²) in [6, 6.07) is 0. The van der Waals surface area contributed by atoms with Crippen molar-refractivity contribution in [2.24, 2.45) is 0 Å². The van der Waals surface area contributed by atoms with E-state index in [4.69, 9.17) is 0 Å². The third kappa shape index (κ3) is 2.44. The Morgan fingerprint density at radius 3 is 2.88 bits per heavy atom. The van der Waals surface area contributed by atoms with E-state index in [1.807, 2.05) is 6.92 Å². The van der Waals surface area contributed by atoms with Crippen LogP contribution in [0.15, 0.2) is 10.7 Å². The van der Waals surface area contributed by atoms with Crippen molar-refractivity contribution in [3.8, 4) is 0 Å². The van der Waals surface area contributed by atoms with E-state index in [1.165, 1.54) is 0 Å². The van der Waals surface area contributed by atoms with Gasteiger partial charge in [0.2, 0.25) is 5.95 Å². The average molecular weight is 287 g/mol. The van der Waals surface area contributed by atoms with Crippen LogP contribution in [0.5, 0.6) is 0 Å². The lowest BCUT2D eigenvalue weighted by Crippen LogP contribution is -2.26.